The number of hydrogen-bond acceptors (Lipinski definition) is 7. The summed E-state index contributed by atoms with van der Waals surface area (Å²) in [5.41, 5.74) is 0.630. The van der Waals surface area contributed by atoms with Gasteiger partial charge in [-0.1, -0.05) is 26.0 Å². The topological polar surface area (TPSA) is 72.5 Å². The molecule has 0 heterocycles. The van der Waals surface area contributed by atoms with E-state index in [0.717, 1.165) is 6.42 Å². The smallest absolute Gasteiger partial charge is 0.377 e. The third-order valence-electron chi connectivity index (χ3n) is 4.06. The lowest BCUT2D eigenvalue weighted by Gasteiger charge is -2.22. The van der Waals surface area contributed by atoms with Crippen LogP contribution in [0.3, 0.4) is 0 Å². The molecule has 0 aromatic heterocycles. The fraction of sp³-hybridized carbons (Fsp3) is 0.609. The standard InChI is InChI=1S/C17H24O5.C6H20O2Si3/c1-12(2)10-11-22-17(18)16(21-5)15(20-4)13-8-6-7-9-14(13)19-3;1-10(2,3)7-9-8-11(4,5)6/h6-9,12H,10-11H2,1-5H3;9H2,1-6H3. The Kier molecular flexibility index (Phi) is 14.6. The Hall–Kier alpha value is -1.60. The molecule has 0 amide bonds. The third kappa shape index (κ3) is 14.3. The van der Waals surface area contributed by atoms with Gasteiger partial charge in [-0.25, -0.2) is 4.79 Å². The van der Waals surface area contributed by atoms with E-state index < -0.39 is 32.6 Å². The molecule has 0 spiro atoms. The first-order valence-electron chi connectivity index (χ1n) is 11.2. The van der Waals surface area contributed by atoms with E-state index in [4.69, 9.17) is 27.2 Å². The second-order valence-corrected chi connectivity index (χ2v) is 20.7. The van der Waals surface area contributed by atoms with E-state index >= 15 is 0 Å². The first-order chi connectivity index (χ1) is 15.3. The maximum absolute atomic E-state index is 12.2. The minimum absolute atomic E-state index is 0.0238. The van der Waals surface area contributed by atoms with Crippen molar-refractivity contribution in [3.8, 4) is 5.75 Å². The number of esters is 1. The summed E-state index contributed by atoms with van der Waals surface area (Å²) in [6, 6.07) is 7.24. The van der Waals surface area contributed by atoms with E-state index in [2.05, 4.69) is 53.1 Å². The summed E-state index contributed by atoms with van der Waals surface area (Å²) in [7, 11) is 1.17. The van der Waals surface area contributed by atoms with Crippen LogP contribution in [0.4, 0.5) is 0 Å². The van der Waals surface area contributed by atoms with Crippen molar-refractivity contribution >= 4 is 38.4 Å². The third-order valence-corrected chi connectivity index (χ3v) is 11.9. The Morgan fingerprint density at radius 2 is 1.45 bits per heavy atom. The monoisotopic (exact) mass is 516 g/mol. The molecule has 1 rings (SSSR count). The second-order valence-electron chi connectivity index (χ2n) is 9.72. The fourth-order valence-corrected chi connectivity index (χ4v) is 5.86. The fourth-order valence-electron chi connectivity index (χ4n) is 2.26. The molecule has 0 saturated carbocycles. The lowest BCUT2D eigenvalue weighted by atomic mass is 10.1. The van der Waals surface area contributed by atoms with Crippen molar-refractivity contribution in [2.45, 2.75) is 59.6 Å². The normalized spacial score (nSPS) is 12.4. The molecule has 1 aromatic rings. The molecule has 0 aliphatic heterocycles. The first kappa shape index (κ1) is 31.4. The molecule has 190 valence electrons. The molecule has 0 aliphatic rings. The Morgan fingerprint density at radius 1 is 0.909 bits per heavy atom. The van der Waals surface area contributed by atoms with Gasteiger partial charge >= 0.3 is 5.97 Å². The zero-order valence-corrected chi connectivity index (χ0v) is 25.8. The van der Waals surface area contributed by atoms with Crippen molar-refractivity contribution in [3.63, 3.8) is 0 Å². The number of para-hydroxylation sites is 1. The van der Waals surface area contributed by atoms with Crippen molar-refractivity contribution in [2.75, 3.05) is 27.9 Å². The van der Waals surface area contributed by atoms with E-state index in [-0.39, 0.29) is 11.5 Å². The Bertz CT molecular complexity index is 724. The van der Waals surface area contributed by atoms with E-state index in [1.165, 1.54) is 14.2 Å². The molecule has 0 N–H and O–H groups in total. The average Bonchev–Trinajstić information content (AvgIpc) is 2.70. The number of carbonyl (C=O) groups excluding carboxylic acids is 1. The molecule has 0 unspecified atom stereocenters. The molecule has 0 atom stereocenters. The van der Waals surface area contributed by atoms with Crippen LogP contribution in [-0.4, -0.2) is 60.5 Å². The molecule has 7 nitrogen and oxygen atoms in total. The first-order valence-corrected chi connectivity index (χ1v) is 19.1. The van der Waals surface area contributed by atoms with Gasteiger partial charge in [0.15, 0.2) is 22.4 Å². The Labute approximate surface area is 205 Å². The van der Waals surface area contributed by atoms with Gasteiger partial charge in [-0.2, -0.15) is 0 Å². The predicted octanol–water partition coefficient (Wildman–Crippen LogP) is 4.93. The summed E-state index contributed by atoms with van der Waals surface area (Å²) < 4.78 is 32.5. The highest BCUT2D eigenvalue weighted by atomic mass is 28.4. The number of benzene rings is 1. The van der Waals surface area contributed by atoms with E-state index in [0.29, 0.717) is 23.8 Å². The molecular weight excluding hydrogens is 473 g/mol. The summed E-state index contributed by atoms with van der Waals surface area (Å²) in [6.07, 6.45) is 0.791. The Balaban J connectivity index is 0.000000785. The molecule has 33 heavy (non-hydrogen) atoms. The highest BCUT2D eigenvalue weighted by Gasteiger charge is 2.23. The zero-order chi connectivity index (χ0) is 25.7. The predicted molar refractivity (Wildman–Crippen MR) is 142 cm³/mol. The summed E-state index contributed by atoms with van der Waals surface area (Å²) in [6.45, 7) is 17.7. The van der Waals surface area contributed by atoms with Crippen LogP contribution >= 0.6 is 0 Å². The SMILES string of the molecule is COC(C(=O)OCCC(C)C)=C(OC)c1ccccc1OC.C[Si](C)(C)O[SiH2]O[Si](C)(C)C. The van der Waals surface area contributed by atoms with Crippen molar-refractivity contribution < 1.29 is 32.0 Å². The van der Waals surface area contributed by atoms with Gasteiger partial charge in [0.05, 0.1) is 33.5 Å². The van der Waals surface area contributed by atoms with Crippen LogP contribution in [0, 0.1) is 5.92 Å². The minimum Gasteiger partial charge on any atom is -0.496 e. The van der Waals surface area contributed by atoms with Gasteiger partial charge in [0.1, 0.15) is 5.75 Å². The maximum Gasteiger partial charge on any atom is 0.377 e. The van der Waals surface area contributed by atoms with Gasteiger partial charge < -0.3 is 27.2 Å². The largest absolute Gasteiger partial charge is 0.496 e. The summed E-state index contributed by atoms with van der Waals surface area (Å²) in [4.78, 5) is 12.2. The van der Waals surface area contributed by atoms with Crippen LogP contribution in [0.25, 0.3) is 5.76 Å². The van der Waals surface area contributed by atoms with Crippen LogP contribution < -0.4 is 4.74 Å². The van der Waals surface area contributed by atoms with Crippen molar-refractivity contribution in [1.82, 2.24) is 0 Å². The van der Waals surface area contributed by atoms with Crippen molar-refractivity contribution in [1.29, 1.82) is 0 Å². The van der Waals surface area contributed by atoms with E-state index in [1.807, 2.05) is 12.1 Å². The number of hydrogen-bond donors (Lipinski definition) is 0. The lowest BCUT2D eigenvalue weighted by Crippen LogP contribution is -2.34. The highest BCUT2D eigenvalue weighted by Crippen LogP contribution is 2.29. The van der Waals surface area contributed by atoms with Crippen molar-refractivity contribution in [2.24, 2.45) is 5.92 Å². The molecule has 0 radical (unpaired) electrons. The molecule has 0 saturated heterocycles. The summed E-state index contributed by atoms with van der Waals surface area (Å²) in [5.74, 6) is 0.805. The number of carbonyl (C=O) groups is 1. The van der Waals surface area contributed by atoms with Crippen molar-refractivity contribution in [3.05, 3.63) is 35.6 Å². The van der Waals surface area contributed by atoms with Gasteiger partial charge in [0.25, 0.3) is 10.0 Å². The average molecular weight is 517 g/mol. The zero-order valence-electron chi connectivity index (χ0n) is 22.4. The maximum atomic E-state index is 12.2. The van der Waals surface area contributed by atoms with Crippen LogP contribution in [0.1, 0.15) is 25.8 Å². The molecular formula is C23H44O7Si3. The Morgan fingerprint density at radius 3 is 1.88 bits per heavy atom. The highest BCUT2D eigenvalue weighted by molar-refractivity contribution is 6.77. The molecule has 0 fully saturated rings. The van der Waals surface area contributed by atoms with E-state index in [1.54, 1.807) is 19.2 Å². The minimum atomic E-state index is -1.30. The molecule has 0 bridgehead atoms. The summed E-state index contributed by atoms with van der Waals surface area (Å²) >= 11 is 0. The van der Waals surface area contributed by atoms with E-state index in [9.17, 15) is 4.79 Å². The van der Waals surface area contributed by atoms with Crippen LogP contribution in [-0.2, 0) is 27.2 Å². The number of methoxy groups -OCH3 is 3. The molecule has 0 aliphatic carbocycles. The van der Waals surface area contributed by atoms with Crippen LogP contribution in [0.15, 0.2) is 30.0 Å². The number of rotatable bonds is 12. The number of ether oxygens (including phenoxy) is 4. The van der Waals surface area contributed by atoms with Gasteiger partial charge in [0, 0.05) is 0 Å². The summed E-state index contributed by atoms with van der Waals surface area (Å²) in [5, 5.41) is 0. The quantitative estimate of drug-likeness (QED) is 0.169. The van der Waals surface area contributed by atoms with Crippen LogP contribution in [0.2, 0.25) is 39.3 Å². The van der Waals surface area contributed by atoms with Gasteiger partial charge in [0.2, 0.25) is 5.76 Å². The molecule has 10 heteroatoms. The van der Waals surface area contributed by atoms with Gasteiger partial charge in [-0.15, -0.1) is 0 Å². The second kappa shape index (κ2) is 15.3. The van der Waals surface area contributed by atoms with Crippen LogP contribution in [0.5, 0.6) is 5.75 Å². The molecule has 1 aromatic carbocycles. The van der Waals surface area contributed by atoms with Gasteiger partial charge in [-0.3, -0.25) is 0 Å². The lowest BCUT2D eigenvalue weighted by molar-refractivity contribution is -0.143. The van der Waals surface area contributed by atoms with Gasteiger partial charge in [-0.05, 0) is 63.8 Å².